The van der Waals surface area contributed by atoms with E-state index in [2.05, 4.69) is 13.8 Å². The molecule has 0 radical (unpaired) electrons. The summed E-state index contributed by atoms with van der Waals surface area (Å²) in [6.07, 6.45) is 11.2. The van der Waals surface area contributed by atoms with Gasteiger partial charge in [-0.3, -0.25) is 0 Å². The SMILES string of the molecule is CCC1CC12CC21CC12CC21CC1CC. The van der Waals surface area contributed by atoms with Crippen molar-refractivity contribution < 1.29 is 0 Å². The highest BCUT2D eigenvalue weighted by molar-refractivity contribution is 5.51. The van der Waals surface area contributed by atoms with Gasteiger partial charge in [-0.1, -0.05) is 26.7 Å². The molecule has 0 amide bonds. The lowest BCUT2D eigenvalue weighted by molar-refractivity contribution is 0.511. The summed E-state index contributed by atoms with van der Waals surface area (Å²) in [6, 6.07) is 0. The van der Waals surface area contributed by atoms with Crippen LogP contribution < -0.4 is 0 Å². The Bertz CT molecular complexity index is 349. The molecule has 0 saturated heterocycles. The summed E-state index contributed by atoms with van der Waals surface area (Å²) in [6.45, 7) is 4.82. The molecule has 0 bridgehead atoms. The molecule has 4 spiro atoms. The molecule has 0 aromatic carbocycles. The van der Waals surface area contributed by atoms with Crippen molar-refractivity contribution in [1.82, 2.24) is 0 Å². The molecule has 6 unspecified atom stereocenters. The first-order chi connectivity index (χ1) is 7.20. The summed E-state index contributed by atoms with van der Waals surface area (Å²) in [5.41, 5.74) is 3.83. The van der Waals surface area contributed by atoms with Crippen LogP contribution in [0.4, 0.5) is 0 Å². The molecule has 0 heteroatoms. The standard InChI is InChI=1S/C15H22/c1-3-10-5-12(10)7-14(12)9-15(14)8-13(15)6-11(13)4-2/h10-11H,3-9H2,1-2H3. The van der Waals surface area contributed by atoms with Gasteiger partial charge in [-0.25, -0.2) is 0 Å². The van der Waals surface area contributed by atoms with Crippen LogP contribution in [0.3, 0.4) is 0 Å². The first kappa shape index (κ1) is 8.14. The summed E-state index contributed by atoms with van der Waals surface area (Å²) in [5, 5.41) is 0. The zero-order chi connectivity index (χ0) is 10.1. The number of rotatable bonds is 2. The van der Waals surface area contributed by atoms with Crippen molar-refractivity contribution in [3.05, 3.63) is 0 Å². The monoisotopic (exact) mass is 202 g/mol. The van der Waals surface area contributed by atoms with Crippen molar-refractivity contribution in [3.8, 4) is 0 Å². The van der Waals surface area contributed by atoms with Crippen molar-refractivity contribution in [2.24, 2.45) is 33.5 Å². The van der Waals surface area contributed by atoms with Gasteiger partial charge in [0.15, 0.2) is 0 Å². The topological polar surface area (TPSA) is 0 Å². The maximum Gasteiger partial charge on any atom is -0.0164 e. The van der Waals surface area contributed by atoms with Crippen molar-refractivity contribution >= 4 is 0 Å². The summed E-state index contributed by atoms with van der Waals surface area (Å²) >= 11 is 0. The van der Waals surface area contributed by atoms with Gasteiger partial charge in [0.1, 0.15) is 0 Å². The van der Waals surface area contributed by atoms with Crippen LogP contribution in [0.1, 0.15) is 58.8 Å². The second-order valence-electron chi connectivity index (χ2n) is 7.63. The third-order valence-electron chi connectivity index (χ3n) is 7.73. The lowest BCUT2D eigenvalue weighted by Gasteiger charge is -1.95. The molecule has 0 nitrogen and oxygen atoms in total. The van der Waals surface area contributed by atoms with Gasteiger partial charge in [0.25, 0.3) is 0 Å². The molecule has 0 aliphatic heterocycles. The third kappa shape index (κ3) is 0.542. The molecule has 5 aliphatic carbocycles. The van der Waals surface area contributed by atoms with Crippen LogP contribution in [0.2, 0.25) is 0 Å². The highest BCUT2D eigenvalue weighted by Gasteiger charge is 3.03. The van der Waals surface area contributed by atoms with E-state index in [1.807, 2.05) is 0 Å². The molecule has 6 atom stereocenters. The average Bonchev–Trinajstić information content (AvgIpc) is 3.06. The van der Waals surface area contributed by atoms with Gasteiger partial charge in [0, 0.05) is 0 Å². The minimum atomic E-state index is 0.951. The molecule has 0 aromatic rings. The maximum absolute atomic E-state index is 2.41. The fourth-order valence-corrected chi connectivity index (χ4v) is 6.67. The van der Waals surface area contributed by atoms with Gasteiger partial charge in [0.05, 0.1) is 0 Å². The minimum absolute atomic E-state index is 0.951. The molecule has 15 heavy (non-hydrogen) atoms. The van der Waals surface area contributed by atoms with Crippen molar-refractivity contribution in [1.29, 1.82) is 0 Å². The molecule has 5 saturated carbocycles. The smallest absolute Gasteiger partial charge is 0.0164 e. The molecule has 5 aliphatic rings. The molecule has 0 aromatic heterocycles. The normalized spacial score (nSPS) is 75.6. The van der Waals surface area contributed by atoms with E-state index >= 15 is 0 Å². The summed E-state index contributed by atoms with van der Waals surface area (Å²) in [7, 11) is 0. The van der Waals surface area contributed by atoms with E-state index in [4.69, 9.17) is 0 Å². The lowest BCUT2D eigenvalue weighted by atomic mass is 10.1. The van der Waals surface area contributed by atoms with Crippen LogP contribution in [-0.2, 0) is 0 Å². The van der Waals surface area contributed by atoms with Crippen LogP contribution >= 0.6 is 0 Å². The van der Waals surface area contributed by atoms with E-state index in [9.17, 15) is 0 Å². The van der Waals surface area contributed by atoms with Gasteiger partial charge >= 0.3 is 0 Å². The Morgan fingerprint density at radius 3 is 1.60 bits per heavy atom. The van der Waals surface area contributed by atoms with E-state index in [0.29, 0.717) is 0 Å². The maximum atomic E-state index is 2.41. The van der Waals surface area contributed by atoms with E-state index in [1.165, 1.54) is 12.8 Å². The zero-order valence-electron chi connectivity index (χ0n) is 10.1. The molecule has 0 N–H and O–H groups in total. The Balaban J connectivity index is 1.43. The Morgan fingerprint density at radius 2 is 1.27 bits per heavy atom. The third-order valence-corrected chi connectivity index (χ3v) is 7.73. The summed E-state index contributed by atoms with van der Waals surface area (Å²) in [4.78, 5) is 0. The second-order valence-corrected chi connectivity index (χ2v) is 7.63. The van der Waals surface area contributed by atoms with Crippen molar-refractivity contribution in [3.63, 3.8) is 0 Å². The lowest BCUT2D eigenvalue weighted by Crippen LogP contribution is -1.92. The predicted molar refractivity (Wildman–Crippen MR) is 60.4 cm³/mol. The van der Waals surface area contributed by atoms with Gasteiger partial charge in [0.2, 0.25) is 0 Å². The molecule has 82 valence electrons. The van der Waals surface area contributed by atoms with Crippen LogP contribution in [0.15, 0.2) is 0 Å². The van der Waals surface area contributed by atoms with Gasteiger partial charge < -0.3 is 0 Å². The highest BCUT2D eigenvalue weighted by atomic mass is 15.1. The second kappa shape index (κ2) is 1.73. The van der Waals surface area contributed by atoms with E-state index < -0.39 is 0 Å². The highest BCUT2D eigenvalue weighted by Crippen LogP contribution is 3.10. The minimum Gasteiger partial charge on any atom is -0.0651 e. The summed E-state index contributed by atoms with van der Waals surface area (Å²) in [5.74, 6) is 2.32. The first-order valence-corrected chi connectivity index (χ1v) is 7.20. The van der Waals surface area contributed by atoms with Crippen molar-refractivity contribution in [2.45, 2.75) is 58.8 Å². The Kier molecular flexibility index (Phi) is 0.938. The van der Waals surface area contributed by atoms with Crippen LogP contribution in [0.5, 0.6) is 0 Å². The zero-order valence-corrected chi connectivity index (χ0v) is 10.1. The fourth-order valence-electron chi connectivity index (χ4n) is 6.67. The number of hydrogen-bond donors (Lipinski definition) is 0. The fraction of sp³-hybridized carbons (Fsp3) is 1.00. The molecular weight excluding hydrogens is 180 g/mol. The largest absolute Gasteiger partial charge is 0.0651 e. The Labute approximate surface area is 92.8 Å². The van der Waals surface area contributed by atoms with E-state index in [0.717, 1.165) is 33.5 Å². The van der Waals surface area contributed by atoms with Crippen LogP contribution in [0.25, 0.3) is 0 Å². The van der Waals surface area contributed by atoms with Gasteiger partial charge in [-0.2, -0.15) is 0 Å². The predicted octanol–water partition coefficient (Wildman–Crippen LogP) is 4.00. The average molecular weight is 202 g/mol. The molecule has 5 rings (SSSR count). The quantitative estimate of drug-likeness (QED) is 0.635. The van der Waals surface area contributed by atoms with Gasteiger partial charge in [-0.05, 0) is 65.6 Å². The first-order valence-electron chi connectivity index (χ1n) is 7.20. The van der Waals surface area contributed by atoms with E-state index in [-0.39, 0.29) is 0 Å². The number of hydrogen-bond acceptors (Lipinski definition) is 0. The molecular formula is C15H22. The number of fused-ring (bicyclic) bond motifs is 3. The van der Waals surface area contributed by atoms with Crippen molar-refractivity contribution in [2.75, 3.05) is 0 Å². The summed E-state index contributed by atoms with van der Waals surface area (Å²) < 4.78 is 0. The van der Waals surface area contributed by atoms with Crippen LogP contribution in [0, 0.1) is 33.5 Å². The Morgan fingerprint density at radius 1 is 0.800 bits per heavy atom. The molecule has 5 fully saturated rings. The van der Waals surface area contributed by atoms with E-state index in [1.54, 1.807) is 32.1 Å². The Hall–Kier alpha value is 0. The van der Waals surface area contributed by atoms with Gasteiger partial charge in [-0.15, -0.1) is 0 Å². The molecule has 0 heterocycles. The van der Waals surface area contributed by atoms with Crippen LogP contribution in [-0.4, -0.2) is 0 Å².